The molecule has 0 spiro atoms. The van der Waals surface area contributed by atoms with Crippen molar-refractivity contribution in [1.82, 2.24) is 0 Å². The quantitative estimate of drug-likeness (QED) is 0.895. The van der Waals surface area contributed by atoms with E-state index in [0.717, 1.165) is 35.5 Å². The number of hydrogen-bond acceptors (Lipinski definition) is 2. The van der Waals surface area contributed by atoms with Crippen molar-refractivity contribution in [3.63, 3.8) is 0 Å². The van der Waals surface area contributed by atoms with Crippen LogP contribution in [0.15, 0.2) is 28.7 Å². The number of aliphatic hydroxyl groups excluding tert-OH is 1. The molecular formula is C17H22O2. The molecule has 0 aliphatic rings. The molecular weight excluding hydrogens is 236 g/mol. The van der Waals surface area contributed by atoms with Crippen LogP contribution in [0.5, 0.6) is 0 Å². The number of furan rings is 1. The van der Waals surface area contributed by atoms with E-state index in [1.165, 1.54) is 11.1 Å². The molecule has 1 aromatic carbocycles. The van der Waals surface area contributed by atoms with Crippen LogP contribution >= 0.6 is 0 Å². The third kappa shape index (κ3) is 2.74. The Labute approximate surface area is 115 Å². The first-order chi connectivity index (χ1) is 9.06. The molecule has 0 fully saturated rings. The van der Waals surface area contributed by atoms with Gasteiger partial charge < -0.3 is 9.52 Å². The monoisotopic (exact) mass is 258 g/mol. The van der Waals surface area contributed by atoms with Gasteiger partial charge in [0.1, 0.15) is 17.6 Å². The minimum Gasteiger partial charge on any atom is -0.466 e. The second-order valence-corrected chi connectivity index (χ2v) is 5.01. The van der Waals surface area contributed by atoms with Crippen molar-refractivity contribution in [2.75, 3.05) is 0 Å². The van der Waals surface area contributed by atoms with Gasteiger partial charge in [0, 0.05) is 5.56 Å². The minimum absolute atomic E-state index is 0.603. The van der Waals surface area contributed by atoms with Crippen LogP contribution < -0.4 is 0 Å². The Kier molecular flexibility index (Phi) is 4.11. The Morgan fingerprint density at radius 3 is 2.26 bits per heavy atom. The smallest absolute Gasteiger partial charge is 0.107 e. The lowest BCUT2D eigenvalue weighted by Crippen LogP contribution is -2.02. The van der Waals surface area contributed by atoms with E-state index in [0.29, 0.717) is 0 Å². The zero-order chi connectivity index (χ0) is 14.0. The summed E-state index contributed by atoms with van der Waals surface area (Å²) in [6.07, 6.45) is 1.42. The molecule has 0 aliphatic carbocycles. The fourth-order valence-electron chi connectivity index (χ4n) is 2.59. The molecule has 2 heteroatoms. The minimum atomic E-state index is -0.603. The maximum Gasteiger partial charge on any atom is 0.107 e. The summed E-state index contributed by atoms with van der Waals surface area (Å²) in [6, 6.07) is 8.18. The van der Waals surface area contributed by atoms with E-state index < -0.39 is 6.10 Å². The standard InChI is InChI=1S/C17H22O2/c1-5-13-7-8-15(10-14(13)6-2)17(18)16-9-11(3)19-12(16)4/h7-10,17-18H,5-6H2,1-4H3. The maximum atomic E-state index is 10.5. The first kappa shape index (κ1) is 13.9. The third-order valence-corrected chi connectivity index (χ3v) is 3.68. The van der Waals surface area contributed by atoms with Gasteiger partial charge in [-0.2, -0.15) is 0 Å². The molecule has 0 radical (unpaired) electrons. The fourth-order valence-corrected chi connectivity index (χ4v) is 2.59. The molecule has 2 aromatic rings. The summed E-state index contributed by atoms with van der Waals surface area (Å²) in [5.74, 6) is 1.63. The van der Waals surface area contributed by atoms with E-state index in [1.54, 1.807) is 0 Å². The van der Waals surface area contributed by atoms with Crippen LogP contribution in [0.2, 0.25) is 0 Å². The van der Waals surface area contributed by atoms with Gasteiger partial charge in [0.05, 0.1) is 0 Å². The van der Waals surface area contributed by atoms with Crippen LogP contribution in [0.1, 0.15) is 53.7 Å². The van der Waals surface area contributed by atoms with Gasteiger partial charge in [-0.1, -0.05) is 32.0 Å². The first-order valence-electron chi connectivity index (χ1n) is 6.93. The zero-order valence-corrected chi connectivity index (χ0v) is 12.2. The van der Waals surface area contributed by atoms with E-state index in [-0.39, 0.29) is 0 Å². The topological polar surface area (TPSA) is 33.4 Å². The summed E-state index contributed by atoms with van der Waals surface area (Å²) in [4.78, 5) is 0. The van der Waals surface area contributed by atoms with E-state index in [1.807, 2.05) is 26.0 Å². The summed E-state index contributed by atoms with van der Waals surface area (Å²) >= 11 is 0. The van der Waals surface area contributed by atoms with Gasteiger partial charge in [-0.25, -0.2) is 0 Å². The molecule has 1 N–H and O–H groups in total. The molecule has 1 unspecified atom stereocenters. The molecule has 19 heavy (non-hydrogen) atoms. The Balaban J connectivity index is 2.39. The summed E-state index contributed by atoms with van der Waals surface area (Å²) in [6.45, 7) is 8.11. The maximum absolute atomic E-state index is 10.5. The second-order valence-electron chi connectivity index (χ2n) is 5.01. The van der Waals surface area contributed by atoms with Crippen LogP contribution in [0.3, 0.4) is 0 Å². The van der Waals surface area contributed by atoms with Gasteiger partial charge in [-0.05, 0) is 49.4 Å². The number of aryl methyl sites for hydroxylation is 4. The van der Waals surface area contributed by atoms with E-state index in [4.69, 9.17) is 4.42 Å². The predicted molar refractivity (Wildman–Crippen MR) is 77.4 cm³/mol. The predicted octanol–water partition coefficient (Wildman–Crippen LogP) is 4.10. The van der Waals surface area contributed by atoms with Crippen molar-refractivity contribution in [2.24, 2.45) is 0 Å². The number of benzene rings is 1. The molecule has 1 atom stereocenters. The Morgan fingerprint density at radius 1 is 1.05 bits per heavy atom. The zero-order valence-electron chi connectivity index (χ0n) is 12.2. The highest BCUT2D eigenvalue weighted by Gasteiger charge is 2.17. The van der Waals surface area contributed by atoms with E-state index >= 15 is 0 Å². The average Bonchev–Trinajstić information content (AvgIpc) is 2.76. The molecule has 0 bridgehead atoms. The van der Waals surface area contributed by atoms with E-state index in [9.17, 15) is 5.11 Å². The largest absolute Gasteiger partial charge is 0.466 e. The summed E-state index contributed by atoms with van der Waals surface area (Å²) < 4.78 is 5.50. The Bertz CT molecular complexity index is 567. The van der Waals surface area contributed by atoms with Crippen LogP contribution in [0.25, 0.3) is 0 Å². The highest BCUT2D eigenvalue weighted by atomic mass is 16.3. The van der Waals surface area contributed by atoms with Crippen LogP contribution in [0.4, 0.5) is 0 Å². The summed E-state index contributed by atoms with van der Waals surface area (Å²) in [7, 11) is 0. The molecule has 0 saturated heterocycles. The van der Waals surface area contributed by atoms with Gasteiger partial charge >= 0.3 is 0 Å². The fraction of sp³-hybridized carbons (Fsp3) is 0.412. The number of aliphatic hydroxyl groups is 1. The van der Waals surface area contributed by atoms with Crippen molar-refractivity contribution in [1.29, 1.82) is 0 Å². The van der Waals surface area contributed by atoms with Gasteiger partial charge in [-0.3, -0.25) is 0 Å². The Morgan fingerprint density at radius 2 is 1.74 bits per heavy atom. The van der Waals surface area contributed by atoms with Gasteiger partial charge in [-0.15, -0.1) is 0 Å². The van der Waals surface area contributed by atoms with Crippen LogP contribution in [-0.4, -0.2) is 5.11 Å². The molecule has 102 valence electrons. The first-order valence-corrected chi connectivity index (χ1v) is 6.93. The molecule has 0 saturated carbocycles. The molecule has 1 heterocycles. The molecule has 0 amide bonds. The molecule has 2 rings (SSSR count). The summed E-state index contributed by atoms with van der Waals surface area (Å²) in [5.41, 5.74) is 4.48. The lowest BCUT2D eigenvalue weighted by molar-refractivity contribution is 0.218. The Hall–Kier alpha value is -1.54. The van der Waals surface area contributed by atoms with Crippen molar-refractivity contribution < 1.29 is 9.52 Å². The van der Waals surface area contributed by atoms with Gasteiger partial charge in [0.15, 0.2) is 0 Å². The normalized spacial score (nSPS) is 12.7. The third-order valence-electron chi connectivity index (χ3n) is 3.68. The number of hydrogen-bond donors (Lipinski definition) is 1. The molecule has 1 aromatic heterocycles. The average molecular weight is 258 g/mol. The van der Waals surface area contributed by atoms with Crippen LogP contribution in [0, 0.1) is 13.8 Å². The number of rotatable bonds is 4. The summed E-state index contributed by atoms with van der Waals surface area (Å²) in [5, 5.41) is 10.5. The van der Waals surface area contributed by atoms with Crippen molar-refractivity contribution in [3.05, 3.63) is 58.0 Å². The highest BCUT2D eigenvalue weighted by molar-refractivity contribution is 5.38. The van der Waals surface area contributed by atoms with E-state index in [2.05, 4.69) is 26.0 Å². The second kappa shape index (κ2) is 5.62. The van der Waals surface area contributed by atoms with Crippen molar-refractivity contribution in [2.45, 2.75) is 46.6 Å². The lowest BCUT2D eigenvalue weighted by Gasteiger charge is -2.14. The van der Waals surface area contributed by atoms with Crippen LogP contribution in [-0.2, 0) is 12.8 Å². The molecule has 2 nitrogen and oxygen atoms in total. The van der Waals surface area contributed by atoms with Crippen molar-refractivity contribution >= 4 is 0 Å². The lowest BCUT2D eigenvalue weighted by atomic mass is 9.95. The molecule has 0 aliphatic heterocycles. The van der Waals surface area contributed by atoms with Gasteiger partial charge in [0.25, 0.3) is 0 Å². The SMILES string of the molecule is CCc1ccc(C(O)c2cc(C)oc2C)cc1CC. The van der Waals surface area contributed by atoms with Crippen molar-refractivity contribution in [3.8, 4) is 0 Å². The highest BCUT2D eigenvalue weighted by Crippen LogP contribution is 2.28. The van der Waals surface area contributed by atoms with Gasteiger partial charge in [0.2, 0.25) is 0 Å².